The second kappa shape index (κ2) is 10.3. The predicted molar refractivity (Wildman–Crippen MR) is 139 cm³/mol. The molecule has 196 valence electrons. The summed E-state index contributed by atoms with van der Waals surface area (Å²) in [7, 11) is 1.62. The minimum atomic E-state index is -0.262. The van der Waals surface area contributed by atoms with E-state index in [9.17, 15) is 4.79 Å². The molecule has 2 heterocycles. The van der Waals surface area contributed by atoms with Gasteiger partial charge < -0.3 is 14.2 Å². The number of nitrogens with one attached hydrogen (secondary N) is 1. The maximum atomic E-state index is 13.5. The molecule has 4 rings (SSSR count). The molecule has 0 bridgehead atoms. The number of ketones is 1. The van der Waals surface area contributed by atoms with Crippen LogP contribution in [-0.2, 0) is 24.8 Å². The highest BCUT2D eigenvalue weighted by Gasteiger charge is 2.26. The lowest BCUT2D eigenvalue weighted by Gasteiger charge is -2.25. The molecule has 2 aromatic heterocycles. The Kier molecular flexibility index (Phi) is 7.38. The Bertz CT molecular complexity index is 1340. The lowest BCUT2D eigenvalue weighted by Crippen LogP contribution is -2.27. The minimum absolute atomic E-state index is 0. The molecule has 0 aliphatic heterocycles. The first-order valence-corrected chi connectivity index (χ1v) is 12.8. The largest absolute Gasteiger partial charge is 0.493 e. The zero-order valence-corrected chi connectivity index (χ0v) is 22.2. The molecule has 1 aliphatic rings. The van der Waals surface area contributed by atoms with Gasteiger partial charge in [-0.15, -0.1) is 10.2 Å². The Morgan fingerprint density at radius 3 is 2.47 bits per heavy atom. The molecule has 0 fully saturated rings. The molecule has 0 atom stereocenters. The Morgan fingerprint density at radius 1 is 1.11 bits per heavy atom. The number of aromatic nitrogens is 4. The van der Waals surface area contributed by atoms with Crippen molar-refractivity contribution in [2.24, 2.45) is 0 Å². The van der Waals surface area contributed by atoms with Gasteiger partial charge in [-0.05, 0) is 56.6 Å². The van der Waals surface area contributed by atoms with Crippen molar-refractivity contribution < 1.29 is 20.4 Å². The van der Waals surface area contributed by atoms with Crippen LogP contribution in [0.5, 0.6) is 17.4 Å². The van der Waals surface area contributed by atoms with Gasteiger partial charge in [0, 0.05) is 23.7 Å². The third-order valence-corrected chi connectivity index (χ3v) is 6.47. The van der Waals surface area contributed by atoms with E-state index in [1.165, 1.54) is 9.20 Å². The molecule has 1 aliphatic carbocycles. The summed E-state index contributed by atoms with van der Waals surface area (Å²) in [4.78, 5) is 13.5. The molecule has 0 unspecified atom stereocenters. The summed E-state index contributed by atoms with van der Waals surface area (Å²) >= 11 is 0. The fourth-order valence-corrected chi connectivity index (χ4v) is 4.68. The van der Waals surface area contributed by atoms with Gasteiger partial charge in [0.2, 0.25) is 11.5 Å². The zero-order chi connectivity index (χ0) is 26.0. The molecule has 1 N–H and O–H groups in total. The van der Waals surface area contributed by atoms with Crippen molar-refractivity contribution in [3.05, 3.63) is 40.0 Å². The van der Waals surface area contributed by atoms with Crippen LogP contribution in [0.4, 0.5) is 0 Å². The van der Waals surface area contributed by atoms with Crippen LogP contribution in [0.25, 0.3) is 5.65 Å². The average molecular weight is 498 g/mol. The number of hydrogen-bond donors (Lipinski definition) is 1. The third-order valence-electron chi connectivity index (χ3n) is 6.47. The number of carbonyl (C=O) groups is 1. The van der Waals surface area contributed by atoms with E-state index in [2.05, 4.69) is 31.0 Å². The molecule has 0 spiro atoms. The highest BCUT2D eigenvalue weighted by molar-refractivity contribution is 5.97. The van der Waals surface area contributed by atoms with Crippen LogP contribution < -0.4 is 19.8 Å². The summed E-state index contributed by atoms with van der Waals surface area (Å²) < 4.78 is 20.4. The number of ether oxygens (including phenoxy) is 3. The zero-order valence-electron chi connectivity index (χ0n) is 22.2. The standard InChI is InChI=1S/C27H37N5O4.H2/c1-7-13-36-22-15-17(14-20(23(22)34-6)27(3,4)5)21(33)16-31-26(28)32-24(29-31)18-11-9-10-12-19(18)25(30-32)35-8-2;/h14-15,28H,7-13,16H2,1-6H3;1H. The fourth-order valence-electron chi connectivity index (χ4n) is 4.68. The maximum absolute atomic E-state index is 13.5. The number of fused-ring (bicyclic) bond motifs is 3. The molecule has 0 amide bonds. The van der Waals surface area contributed by atoms with E-state index < -0.39 is 0 Å². The van der Waals surface area contributed by atoms with Crippen molar-refractivity contribution >= 4 is 11.4 Å². The summed E-state index contributed by atoms with van der Waals surface area (Å²) in [6, 6.07) is 3.60. The molecule has 3 aromatic rings. The Labute approximate surface area is 213 Å². The monoisotopic (exact) mass is 497 g/mol. The Hall–Kier alpha value is -3.36. The summed E-state index contributed by atoms with van der Waals surface area (Å²) in [5, 5.41) is 17.9. The summed E-state index contributed by atoms with van der Waals surface area (Å²) in [6.45, 7) is 11.1. The Morgan fingerprint density at radius 2 is 1.83 bits per heavy atom. The van der Waals surface area contributed by atoms with Gasteiger partial charge in [-0.3, -0.25) is 10.2 Å². The number of hydrogen-bond acceptors (Lipinski definition) is 7. The molecule has 0 saturated carbocycles. The molecule has 9 nitrogen and oxygen atoms in total. The summed E-state index contributed by atoms with van der Waals surface area (Å²) in [5.74, 6) is 1.60. The van der Waals surface area contributed by atoms with E-state index in [0.29, 0.717) is 41.8 Å². The Balaban J connectivity index is 0.00000380. The van der Waals surface area contributed by atoms with Crippen molar-refractivity contribution in [1.82, 2.24) is 19.4 Å². The molecule has 36 heavy (non-hydrogen) atoms. The van der Waals surface area contributed by atoms with Crippen molar-refractivity contribution in [1.29, 1.82) is 5.41 Å². The lowest BCUT2D eigenvalue weighted by molar-refractivity contribution is 0.0965. The number of aryl methyl sites for hydroxylation is 1. The van der Waals surface area contributed by atoms with Gasteiger partial charge in [0.05, 0.1) is 20.3 Å². The van der Waals surface area contributed by atoms with E-state index >= 15 is 0 Å². The topological polar surface area (TPSA) is 104 Å². The molecule has 1 aromatic carbocycles. The van der Waals surface area contributed by atoms with Crippen LogP contribution in [0.2, 0.25) is 0 Å². The van der Waals surface area contributed by atoms with E-state index in [1.807, 2.05) is 19.9 Å². The molecule has 0 saturated heterocycles. The number of benzene rings is 1. The van der Waals surface area contributed by atoms with E-state index in [1.54, 1.807) is 13.2 Å². The quantitative estimate of drug-likeness (QED) is 0.436. The third kappa shape index (κ3) is 4.83. The van der Waals surface area contributed by atoms with Gasteiger partial charge in [-0.1, -0.05) is 27.7 Å². The second-order valence-electron chi connectivity index (χ2n) is 10.2. The van der Waals surface area contributed by atoms with Gasteiger partial charge in [0.1, 0.15) is 6.54 Å². The van der Waals surface area contributed by atoms with Crippen LogP contribution in [0, 0.1) is 5.41 Å². The van der Waals surface area contributed by atoms with Crippen molar-refractivity contribution in [2.75, 3.05) is 20.3 Å². The van der Waals surface area contributed by atoms with Crippen molar-refractivity contribution in [3.63, 3.8) is 0 Å². The predicted octanol–water partition coefficient (Wildman–Crippen LogP) is 4.51. The van der Waals surface area contributed by atoms with Crippen molar-refractivity contribution in [2.45, 2.75) is 78.7 Å². The second-order valence-corrected chi connectivity index (χ2v) is 10.2. The molecule has 0 radical (unpaired) electrons. The fraction of sp³-hybridized carbons (Fsp3) is 0.556. The first-order chi connectivity index (χ1) is 17.2. The van der Waals surface area contributed by atoms with Gasteiger partial charge in [0.15, 0.2) is 22.9 Å². The molecular weight excluding hydrogens is 458 g/mol. The van der Waals surface area contributed by atoms with Gasteiger partial charge >= 0.3 is 0 Å². The lowest BCUT2D eigenvalue weighted by atomic mass is 9.84. The smallest absolute Gasteiger partial charge is 0.242 e. The number of Topliss-reactive ketones (excluding diaryl/α,β-unsaturated/α-hetero) is 1. The number of rotatable bonds is 9. The van der Waals surface area contributed by atoms with Gasteiger partial charge in [-0.2, -0.15) is 4.52 Å². The van der Waals surface area contributed by atoms with E-state index in [0.717, 1.165) is 48.8 Å². The van der Waals surface area contributed by atoms with Gasteiger partial charge in [-0.25, -0.2) is 4.68 Å². The highest BCUT2D eigenvalue weighted by atomic mass is 16.5. The van der Waals surface area contributed by atoms with Crippen LogP contribution in [0.3, 0.4) is 0 Å². The summed E-state index contributed by atoms with van der Waals surface area (Å²) in [5.41, 5.74) is 3.94. The number of carbonyl (C=O) groups excluding carboxylic acids is 1. The van der Waals surface area contributed by atoms with Crippen LogP contribution >= 0.6 is 0 Å². The SMILES string of the molecule is CCCOc1cc(C(=O)Cn2nc3c4c(c(OCC)nn3c2=N)CCCC4)cc(C(C)(C)C)c1OC.[HH]. The number of methoxy groups -OCH3 is 1. The highest BCUT2D eigenvalue weighted by Crippen LogP contribution is 2.40. The number of nitrogens with zero attached hydrogens (tertiary/aromatic N) is 4. The first kappa shape index (κ1) is 25.7. The van der Waals surface area contributed by atoms with Crippen LogP contribution in [0.15, 0.2) is 12.1 Å². The van der Waals surface area contributed by atoms with E-state index in [4.69, 9.17) is 19.6 Å². The van der Waals surface area contributed by atoms with Gasteiger partial charge in [0.25, 0.3) is 0 Å². The average Bonchev–Trinajstić information content (AvgIpc) is 3.16. The van der Waals surface area contributed by atoms with Crippen LogP contribution in [-0.4, -0.2) is 45.5 Å². The van der Waals surface area contributed by atoms with Crippen LogP contribution in [0.1, 0.15) is 82.4 Å². The molecular formula is C27H39N5O4. The minimum Gasteiger partial charge on any atom is -0.493 e. The molecule has 9 heteroatoms. The van der Waals surface area contributed by atoms with Crippen molar-refractivity contribution in [3.8, 4) is 17.4 Å². The maximum Gasteiger partial charge on any atom is 0.242 e. The first-order valence-electron chi connectivity index (χ1n) is 12.8. The van der Waals surface area contributed by atoms with E-state index in [-0.39, 0.29) is 24.8 Å². The normalized spacial score (nSPS) is 13.5. The summed E-state index contributed by atoms with van der Waals surface area (Å²) in [6.07, 6.45) is 4.71.